The molecule has 1 unspecified atom stereocenters. The summed E-state index contributed by atoms with van der Waals surface area (Å²) in [5, 5.41) is 0.571. The van der Waals surface area contributed by atoms with E-state index < -0.39 is 0 Å². The maximum atomic E-state index is 3.17. The highest BCUT2D eigenvalue weighted by atomic mass is 79.9. The monoisotopic (exact) mass is 313 g/mol. The first-order valence-electron chi connectivity index (χ1n) is 6.47. The minimum absolute atomic E-state index is 0. The van der Waals surface area contributed by atoms with Crippen molar-refractivity contribution in [2.24, 2.45) is 0 Å². The first kappa shape index (κ1) is 22.1. The SMILES string of the molecule is Br.CCCCC(P)(CCCC)CCCC.N. The van der Waals surface area contributed by atoms with Gasteiger partial charge in [-0.1, -0.05) is 59.3 Å². The van der Waals surface area contributed by atoms with Gasteiger partial charge in [-0.05, 0) is 24.4 Å². The van der Waals surface area contributed by atoms with E-state index in [0.29, 0.717) is 5.16 Å². The number of hydrogen-bond donors (Lipinski definition) is 1. The molecule has 102 valence electrons. The van der Waals surface area contributed by atoms with Gasteiger partial charge in [-0.25, -0.2) is 0 Å². The highest BCUT2D eigenvalue weighted by molar-refractivity contribution is 8.93. The summed E-state index contributed by atoms with van der Waals surface area (Å²) in [6, 6.07) is 0. The van der Waals surface area contributed by atoms with Gasteiger partial charge in [-0.3, -0.25) is 0 Å². The van der Waals surface area contributed by atoms with Crippen LogP contribution in [-0.2, 0) is 0 Å². The molecule has 0 spiro atoms. The van der Waals surface area contributed by atoms with Crippen molar-refractivity contribution in [3.63, 3.8) is 0 Å². The first-order valence-corrected chi connectivity index (χ1v) is 7.05. The summed E-state index contributed by atoms with van der Waals surface area (Å²) in [5.41, 5.74) is 0. The van der Waals surface area contributed by atoms with Gasteiger partial charge in [0.2, 0.25) is 0 Å². The van der Waals surface area contributed by atoms with Crippen LogP contribution in [0.4, 0.5) is 0 Å². The molecule has 0 bridgehead atoms. The van der Waals surface area contributed by atoms with Crippen molar-refractivity contribution in [3.05, 3.63) is 0 Å². The highest BCUT2D eigenvalue weighted by Gasteiger charge is 2.22. The molecular formula is C13H33BrNP. The molecule has 0 aliphatic rings. The summed E-state index contributed by atoms with van der Waals surface area (Å²) in [7, 11) is 3.17. The van der Waals surface area contributed by atoms with Gasteiger partial charge in [0.15, 0.2) is 0 Å². The molecule has 3 N–H and O–H groups in total. The van der Waals surface area contributed by atoms with E-state index in [9.17, 15) is 0 Å². The summed E-state index contributed by atoms with van der Waals surface area (Å²) in [5.74, 6) is 0. The topological polar surface area (TPSA) is 35.0 Å². The quantitative estimate of drug-likeness (QED) is 0.527. The normalized spacial score (nSPS) is 10.5. The zero-order valence-corrected chi connectivity index (χ0v) is 14.4. The fraction of sp³-hybridized carbons (Fsp3) is 1.00. The summed E-state index contributed by atoms with van der Waals surface area (Å²) >= 11 is 0. The summed E-state index contributed by atoms with van der Waals surface area (Å²) < 4.78 is 0. The van der Waals surface area contributed by atoms with E-state index >= 15 is 0 Å². The Balaban J connectivity index is -0.000000845. The summed E-state index contributed by atoms with van der Waals surface area (Å²) in [6.45, 7) is 6.89. The molecule has 0 aromatic carbocycles. The summed E-state index contributed by atoms with van der Waals surface area (Å²) in [6.07, 6.45) is 12.5. The predicted molar refractivity (Wildman–Crippen MR) is 86.4 cm³/mol. The van der Waals surface area contributed by atoms with Gasteiger partial charge in [0.05, 0.1) is 0 Å². The fourth-order valence-electron chi connectivity index (χ4n) is 1.96. The third-order valence-corrected chi connectivity index (χ3v) is 3.95. The van der Waals surface area contributed by atoms with Crippen LogP contribution in [0.25, 0.3) is 0 Å². The molecule has 1 nitrogen and oxygen atoms in total. The summed E-state index contributed by atoms with van der Waals surface area (Å²) in [4.78, 5) is 0. The van der Waals surface area contributed by atoms with E-state index in [0.717, 1.165) is 0 Å². The third kappa shape index (κ3) is 11.4. The van der Waals surface area contributed by atoms with E-state index in [1.807, 2.05) is 0 Å². The van der Waals surface area contributed by atoms with Gasteiger partial charge in [0.1, 0.15) is 0 Å². The Morgan fingerprint density at radius 3 is 1.19 bits per heavy atom. The van der Waals surface area contributed by atoms with E-state index in [2.05, 4.69) is 30.0 Å². The van der Waals surface area contributed by atoms with Crippen LogP contribution in [0.1, 0.15) is 78.6 Å². The van der Waals surface area contributed by atoms with Gasteiger partial charge in [-0.2, -0.15) is 0 Å². The lowest BCUT2D eigenvalue weighted by Gasteiger charge is -2.29. The van der Waals surface area contributed by atoms with Crippen LogP contribution >= 0.6 is 26.2 Å². The highest BCUT2D eigenvalue weighted by Crippen LogP contribution is 2.36. The maximum absolute atomic E-state index is 3.17. The van der Waals surface area contributed by atoms with Crippen LogP contribution in [-0.4, -0.2) is 5.16 Å². The average molecular weight is 314 g/mol. The van der Waals surface area contributed by atoms with Crippen LogP contribution in [0.2, 0.25) is 0 Å². The van der Waals surface area contributed by atoms with Gasteiger partial charge in [0.25, 0.3) is 0 Å². The number of rotatable bonds is 9. The molecule has 16 heavy (non-hydrogen) atoms. The van der Waals surface area contributed by atoms with Crippen LogP contribution in [0, 0.1) is 0 Å². The molecule has 0 aliphatic heterocycles. The zero-order valence-electron chi connectivity index (χ0n) is 11.6. The van der Waals surface area contributed by atoms with Crippen molar-refractivity contribution in [1.29, 1.82) is 0 Å². The molecule has 0 saturated carbocycles. The van der Waals surface area contributed by atoms with Crippen molar-refractivity contribution in [1.82, 2.24) is 6.15 Å². The lowest BCUT2D eigenvalue weighted by Crippen LogP contribution is -2.20. The molecule has 0 radical (unpaired) electrons. The Morgan fingerprint density at radius 2 is 1.00 bits per heavy atom. The van der Waals surface area contributed by atoms with Crippen molar-refractivity contribution in [3.8, 4) is 0 Å². The lowest BCUT2D eigenvalue weighted by atomic mass is 9.90. The van der Waals surface area contributed by atoms with Crippen molar-refractivity contribution >= 4 is 26.2 Å². The predicted octanol–water partition coefficient (Wildman–Crippen LogP) is 5.91. The average Bonchev–Trinajstić information content (AvgIpc) is 2.21. The van der Waals surface area contributed by atoms with Crippen LogP contribution in [0.15, 0.2) is 0 Å². The smallest absolute Gasteiger partial charge is 0.0150 e. The molecule has 0 aliphatic carbocycles. The van der Waals surface area contributed by atoms with Crippen molar-refractivity contribution in [2.45, 2.75) is 83.7 Å². The van der Waals surface area contributed by atoms with E-state index in [4.69, 9.17) is 0 Å². The molecule has 0 fully saturated rings. The van der Waals surface area contributed by atoms with E-state index in [1.165, 1.54) is 57.8 Å². The number of halogens is 1. The van der Waals surface area contributed by atoms with Crippen molar-refractivity contribution in [2.75, 3.05) is 0 Å². The van der Waals surface area contributed by atoms with Crippen molar-refractivity contribution < 1.29 is 0 Å². The van der Waals surface area contributed by atoms with Gasteiger partial charge < -0.3 is 6.15 Å². The molecule has 0 amide bonds. The Kier molecular flexibility index (Phi) is 19.2. The Hall–Kier alpha value is 0.870. The number of unbranched alkanes of at least 4 members (excludes halogenated alkanes) is 3. The Bertz CT molecular complexity index is 109. The molecule has 1 atom stereocenters. The first-order chi connectivity index (χ1) is 6.68. The Labute approximate surface area is 116 Å². The van der Waals surface area contributed by atoms with Crippen LogP contribution < -0.4 is 6.15 Å². The maximum Gasteiger partial charge on any atom is -0.0150 e. The fourth-order valence-corrected chi connectivity index (χ4v) is 2.57. The second kappa shape index (κ2) is 13.9. The van der Waals surface area contributed by atoms with Crippen LogP contribution in [0.3, 0.4) is 0 Å². The zero-order chi connectivity index (χ0) is 10.9. The largest absolute Gasteiger partial charge is 0.344 e. The number of hydrogen-bond acceptors (Lipinski definition) is 1. The van der Waals surface area contributed by atoms with Crippen LogP contribution in [0.5, 0.6) is 0 Å². The van der Waals surface area contributed by atoms with Gasteiger partial charge >= 0.3 is 0 Å². The van der Waals surface area contributed by atoms with E-state index in [-0.39, 0.29) is 23.1 Å². The molecule has 0 heterocycles. The minimum Gasteiger partial charge on any atom is -0.344 e. The molecule has 0 saturated heterocycles. The Morgan fingerprint density at radius 1 is 0.750 bits per heavy atom. The third-order valence-electron chi connectivity index (χ3n) is 3.08. The second-order valence-electron chi connectivity index (χ2n) is 4.67. The molecular weight excluding hydrogens is 281 g/mol. The molecule has 3 heteroatoms. The van der Waals surface area contributed by atoms with Gasteiger partial charge in [0, 0.05) is 0 Å². The molecule has 0 aromatic heterocycles. The second-order valence-corrected chi connectivity index (χ2v) is 5.90. The molecule has 0 rings (SSSR count). The van der Waals surface area contributed by atoms with Gasteiger partial charge in [-0.15, -0.1) is 26.2 Å². The van der Waals surface area contributed by atoms with E-state index in [1.54, 1.807) is 0 Å². The lowest BCUT2D eigenvalue weighted by molar-refractivity contribution is 0.424. The standard InChI is InChI=1S/C13H29P.BrH.H3N/c1-4-7-10-13(14,11-8-5-2)12-9-6-3;;/h4-12,14H2,1-3H3;1H;1H3. The minimum atomic E-state index is 0. The molecule has 0 aromatic rings.